The first kappa shape index (κ1) is 42.4. The van der Waals surface area contributed by atoms with Gasteiger partial charge in [0, 0.05) is 34.6 Å². The molecule has 2 heterocycles. The molecule has 0 bridgehead atoms. The van der Waals surface area contributed by atoms with Crippen LogP contribution in [0.15, 0.2) is 133 Å². The SMILES string of the molecule is C=C1Nc2cc(O)cc3c2C1(Nc1ccccc1C(=O)O)C(=O)C=CC(C)=CCC(O)c1cc(O)cc2c1C(Nc1ccccc1C(=O)O)(C(=O)C=CC(C)=CCC3O)C(=O)N2. The molecule has 10 N–H and O–H groups in total. The summed E-state index contributed by atoms with van der Waals surface area (Å²) in [6, 6.07) is 16.7. The van der Waals surface area contributed by atoms with Gasteiger partial charge in [0.15, 0.2) is 17.1 Å². The van der Waals surface area contributed by atoms with Gasteiger partial charge in [-0.2, -0.15) is 0 Å². The molecule has 0 saturated heterocycles. The highest BCUT2D eigenvalue weighted by molar-refractivity contribution is 6.26. The number of carboxylic acids is 2. The Morgan fingerprint density at radius 2 is 1.06 bits per heavy atom. The Labute approximate surface area is 354 Å². The molecule has 15 heteroatoms. The first-order valence-corrected chi connectivity index (χ1v) is 19.4. The van der Waals surface area contributed by atoms with Crippen molar-refractivity contribution in [1.29, 1.82) is 0 Å². The number of benzene rings is 4. The third-order valence-electron chi connectivity index (χ3n) is 11.1. The molecule has 2 aliphatic heterocycles. The molecule has 0 aromatic heterocycles. The second kappa shape index (κ2) is 16.4. The average Bonchev–Trinajstić information content (AvgIpc) is 3.67. The van der Waals surface area contributed by atoms with E-state index in [2.05, 4.69) is 27.8 Å². The first-order chi connectivity index (χ1) is 29.5. The van der Waals surface area contributed by atoms with Crippen molar-refractivity contribution < 1.29 is 54.6 Å². The Bertz CT molecular complexity index is 2550. The van der Waals surface area contributed by atoms with Gasteiger partial charge < -0.3 is 51.9 Å². The number of amides is 1. The molecule has 0 spiro atoms. The van der Waals surface area contributed by atoms with Gasteiger partial charge in [0.2, 0.25) is 5.54 Å². The molecule has 0 fully saturated rings. The summed E-state index contributed by atoms with van der Waals surface area (Å²) in [4.78, 5) is 68.3. The number of anilines is 4. The van der Waals surface area contributed by atoms with E-state index in [0.717, 1.165) is 6.08 Å². The van der Waals surface area contributed by atoms with Crippen LogP contribution >= 0.6 is 0 Å². The largest absolute Gasteiger partial charge is 0.508 e. The highest BCUT2D eigenvalue weighted by Crippen LogP contribution is 2.51. The van der Waals surface area contributed by atoms with Crippen molar-refractivity contribution in [2.24, 2.45) is 0 Å². The fraction of sp³-hybridized carbons (Fsp3) is 0.170. The van der Waals surface area contributed by atoms with Gasteiger partial charge in [-0.3, -0.25) is 14.4 Å². The number of allylic oxidation sites excluding steroid dienone is 4. The van der Waals surface area contributed by atoms with Gasteiger partial charge in [-0.15, -0.1) is 0 Å². The van der Waals surface area contributed by atoms with E-state index in [1.807, 2.05) is 0 Å². The average molecular weight is 839 g/mol. The van der Waals surface area contributed by atoms with Gasteiger partial charge in [-0.05, 0) is 86.4 Å². The Hall–Kier alpha value is -7.75. The number of phenols is 2. The Balaban J connectivity index is 1.41. The molecule has 62 heavy (non-hydrogen) atoms. The smallest absolute Gasteiger partial charge is 0.337 e. The van der Waals surface area contributed by atoms with Gasteiger partial charge in [-0.1, -0.05) is 66.3 Å². The van der Waals surface area contributed by atoms with Gasteiger partial charge in [0.1, 0.15) is 11.5 Å². The third kappa shape index (κ3) is 7.39. The van der Waals surface area contributed by atoms with Crippen LogP contribution in [0.25, 0.3) is 0 Å². The van der Waals surface area contributed by atoms with Crippen LogP contribution in [0, 0.1) is 0 Å². The molecule has 0 radical (unpaired) electrons. The highest BCUT2D eigenvalue weighted by Gasteiger charge is 2.55. The molecule has 4 aromatic carbocycles. The number of phenolic OH excluding ortho intramolecular Hbond substituents is 2. The lowest BCUT2D eigenvalue weighted by Gasteiger charge is -2.33. The number of hydrogen-bond acceptors (Lipinski definition) is 12. The molecule has 7 rings (SSSR count). The van der Waals surface area contributed by atoms with E-state index >= 15 is 0 Å². The summed E-state index contributed by atoms with van der Waals surface area (Å²) < 4.78 is 0. The molecule has 1 aliphatic carbocycles. The van der Waals surface area contributed by atoms with E-state index < -0.39 is 52.7 Å². The first-order valence-electron chi connectivity index (χ1n) is 19.4. The number of aromatic hydroxyl groups is 2. The quantitative estimate of drug-likeness (QED) is 0.0907. The Kier molecular flexibility index (Phi) is 11.2. The molecule has 316 valence electrons. The monoisotopic (exact) mass is 838 g/mol. The highest BCUT2D eigenvalue weighted by atomic mass is 16.4. The molecule has 4 unspecified atom stereocenters. The maximum atomic E-state index is 14.8. The number of rotatable bonds is 6. The molecule has 4 atom stereocenters. The summed E-state index contributed by atoms with van der Waals surface area (Å²) in [6.45, 7) is 7.39. The maximum absolute atomic E-state index is 14.8. The van der Waals surface area contributed by atoms with Crippen LogP contribution in [0.1, 0.15) is 81.9 Å². The predicted octanol–water partition coefficient (Wildman–Crippen LogP) is 6.70. The summed E-state index contributed by atoms with van der Waals surface area (Å²) in [6.07, 6.45) is 5.10. The number of carbonyl (C=O) groups is 5. The van der Waals surface area contributed by atoms with E-state index in [9.17, 15) is 54.6 Å². The van der Waals surface area contributed by atoms with Crippen LogP contribution < -0.4 is 21.3 Å². The molecule has 0 saturated carbocycles. The van der Waals surface area contributed by atoms with Crippen LogP contribution in [0.4, 0.5) is 22.7 Å². The molecule has 4 aromatic rings. The number of nitrogens with one attached hydrogen (secondary N) is 4. The molecule has 15 nitrogen and oxygen atoms in total. The Morgan fingerprint density at radius 1 is 0.645 bits per heavy atom. The minimum absolute atomic E-state index is 0.0104. The minimum atomic E-state index is -2.36. The van der Waals surface area contributed by atoms with Crippen molar-refractivity contribution in [3.8, 4) is 11.5 Å². The van der Waals surface area contributed by atoms with Gasteiger partial charge in [0.05, 0.1) is 40.4 Å². The van der Waals surface area contributed by atoms with Gasteiger partial charge in [0.25, 0.3) is 5.91 Å². The second-order valence-electron chi connectivity index (χ2n) is 15.2. The van der Waals surface area contributed by atoms with Crippen molar-refractivity contribution >= 4 is 52.2 Å². The molecular formula is C47H42N4O11. The number of carbonyl (C=O) groups excluding carboxylic acids is 3. The van der Waals surface area contributed by atoms with Crippen molar-refractivity contribution in [2.45, 2.75) is 50.0 Å². The van der Waals surface area contributed by atoms with Crippen LogP contribution in [0.3, 0.4) is 0 Å². The van der Waals surface area contributed by atoms with Gasteiger partial charge in [-0.25, -0.2) is 9.59 Å². The van der Waals surface area contributed by atoms with Crippen LogP contribution in [0.5, 0.6) is 11.5 Å². The van der Waals surface area contributed by atoms with Crippen LogP contribution in [-0.4, -0.2) is 60.1 Å². The standard InChI is InChI=1S/C47H42N4O11/c1-24-13-17-38(55)32-21-28(53)23-36-42(32)47(45(62)49-36,51-34-11-7-5-9-30(34)44(60)61)40(57)19-15-25(2)12-16-37(54)31-20-27(52)22-35-41(31)46(26(3)48-35,39(56)18-14-24)50-33-10-6-4-8-29(33)43(58)59/h4-15,18-23,37-38,48,50-55H,3,16-17H2,1-2H3,(H,49,62)(H,58,59)(H,60,61). The fourth-order valence-electron chi connectivity index (χ4n) is 8.09. The third-order valence-corrected chi connectivity index (χ3v) is 11.1. The van der Waals surface area contributed by atoms with Crippen molar-refractivity contribution in [3.05, 3.63) is 166 Å². The second-order valence-corrected chi connectivity index (χ2v) is 15.2. The lowest BCUT2D eigenvalue weighted by molar-refractivity contribution is -0.129. The summed E-state index contributed by atoms with van der Waals surface area (Å²) in [7, 11) is 0. The summed E-state index contributed by atoms with van der Waals surface area (Å²) >= 11 is 0. The zero-order valence-electron chi connectivity index (χ0n) is 33.4. The predicted molar refractivity (Wildman–Crippen MR) is 230 cm³/mol. The van der Waals surface area contributed by atoms with E-state index in [-0.39, 0.29) is 86.2 Å². The zero-order chi connectivity index (χ0) is 44.7. The summed E-state index contributed by atoms with van der Waals surface area (Å²) in [5, 5.41) is 77.1. The topological polar surface area (TPSA) is 255 Å². The van der Waals surface area contributed by atoms with Crippen LogP contribution in [0.2, 0.25) is 0 Å². The van der Waals surface area contributed by atoms with Crippen molar-refractivity contribution in [1.82, 2.24) is 0 Å². The lowest BCUT2D eigenvalue weighted by atomic mass is 9.79. The van der Waals surface area contributed by atoms with Gasteiger partial charge >= 0.3 is 11.9 Å². The van der Waals surface area contributed by atoms with E-state index in [0.29, 0.717) is 11.1 Å². The zero-order valence-corrected chi connectivity index (χ0v) is 33.4. The molecule has 1 amide bonds. The van der Waals surface area contributed by atoms with Crippen molar-refractivity contribution in [3.63, 3.8) is 0 Å². The maximum Gasteiger partial charge on any atom is 0.337 e. The molecular weight excluding hydrogens is 797 g/mol. The fourth-order valence-corrected chi connectivity index (χ4v) is 8.09. The number of para-hydroxylation sites is 2. The lowest BCUT2D eigenvalue weighted by Crippen LogP contribution is -2.49. The number of ketones is 2. The summed E-state index contributed by atoms with van der Waals surface area (Å²) in [5.74, 6) is -5.64. The minimum Gasteiger partial charge on any atom is -0.508 e. The van der Waals surface area contributed by atoms with E-state index in [1.54, 1.807) is 32.1 Å². The number of aromatic carboxylic acids is 2. The van der Waals surface area contributed by atoms with Crippen molar-refractivity contribution in [2.75, 3.05) is 21.3 Å². The normalized spacial score (nSPS) is 22.4. The summed E-state index contributed by atoms with van der Waals surface area (Å²) in [5.41, 5.74) is -3.42. The number of aliphatic hydroxyl groups is 2. The number of hydrogen-bond donors (Lipinski definition) is 10. The van der Waals surface area contributed by atoms with Crippen LogP contribution in [-0.2, 0) is 25.5 Å². The van der Waals surface area contributed by atoms with E-state index in [1.165, 1.54) is 85.0 Å². The van der Waals surface area contributed by atoms with E-state index in [4.69, 9.17) is 0 Å². The number of aliphatic hydroxyl groups excluding tert-OH is 2. The number of carboxylic acid groups (broad SMARTS) is 2. The molecule has 3 aliphatic rings. The Morgan fingerprint density at radius 3 is 1.55 bits per heavy atom.